The molecule has 0 radical (unpaired) electrons. The number of benzene rings is 1. The van der Waals surface area contributed by atoms with E-state index in [0.29, 0.717) is 12.1 Å². The van der Waals surface area contributed by atoms with Crippen molar-refractivity contribution in [2.45, 2.75) is 45.6 Å². The summed E-state index contributed by atoms with van der Waals surface area (Å²) < 4.78 is 27.3. The predicted octanol–water partition coefficient (Wildman–Crippen LogP) is 2.53. The van der Waals surface area contributed by atoms with Crippen LogP contribution in [0.4, 0.5) is 5.82 Å². The number of aryl methyl sites for hydroxylation is 2. The van der Waals surface area contributed by atoms with E-state index < -0.39 is 10.0 Å². The SMILES string of the molecule is CCN(CC)c1ccc(CNC(=O)CCNS(=O)(=O)c2ccc(C)cc2C)cn1. The Bertz CT molecular complexity index is 923. The minimum atomic E-state index is -3.63. The van der Waals surface area contributed by atoms with Gasteiger partial charge in [0, 0.05) is 38.8 Å². The number of aromatic nitrogens is 1. The van der Waals surface area contributed by atoms with Gasteiger partial charge in [-0.1, -0.05) is 23.8 Å². The Kier molecular flexibility index (Phi) is 8.16. The number of hydrogen-bond acceptors (Lipinski definition) is 5. The summed E-state index contributed by atoms with van der Waals surface area (Å²) in [5.41, 5.74) is 2.58. The Labute approximate surface area is 173 Å². The van der Waals surface area contributed by atoms with Crippen molar-refractivity contribution in [2.75, 3.05) is 24.5 Å². The summed E-state index contributed by atoms with van der Waals surface area (Å²) in [6.45, 7) is 9.99. The number of anilines is 1. The molecule has 0 unspecified atom stereocenters. The minimum absolute atomic E-state index is 0.0423. The van der Waals surface area contributed by atoms with Crippen LogP contribution >= 0.6 is 0 Å². The lowest BCUT2D eigenvalue weighted by atomic mass is 10.2. The van der Waals surface area contributed by atoms with E-state index in [1.807, 2.05) is 25.1 Å². The molecule has 7 nitrogen and oxygen atoms in total. The number of nitrogens with zero attached hydrogens (tertiary/aromatic N) is 2. The normalized spacial score (nSPS) is 11.3. The van der Waals surface area contributed by atoms with Gasteiger partial charge in [0.1, 0.15) is 5.82 Å². The maximum absolute atomic E-state index is 12.4. The maximum Gasteiger partial charge on any atom is 0.240 e. The van der Waals surface area contributed by atoms with Gasteiger partial charge in [-0.2, -0.15) is 0 Å². The molecule has 0 saturated heterocycles. The summed E-state index contributed by atoms with van der Waals surface area (Å²) in [5, 5.41) is 2.79. The van der Waals surface area contributed by atoms with E-state index in [4.69, 9.17) is 0 Å². The fraction of sp³-hybridized carbons (Fsp3) is 0.429. The van der Waals surface area contributed by atoms with Crippen LogP contribution in [0.3, 0.4) is 0 Å². The smallest absolute Gasteiger partial charge is 0.240 e. The molecule has 0 fully saturated rings. The molecule has 0 bridgehead atoms. The second-order valence-electron chi connectivity index (χ2n) is 6.89. The molecule has 0 spiro atoms. The first kappa shape index (κ1) is 22.8. The lowest BCUT2D eigenvalue weighted by Crippen LogP contribution is -2.31. The van der Waals surface area contributed by atoms with E-state index in [-0.39, 0.29) is 23.8 Å². The largest absolute Gasteiger partial charge is 0.357 e. The topological polar surface area (TPSA) is 91.4 Å². The molecule has 29 heavy (non-hydrogen) atoms. The Morgan fingerprint density at radius 3 is 2.41 bits per heavy atom. The molecule has 1 aromatic heterocycles. The number of nitrogens with one attached hydrogen (secondary N) is 2. The van der Waals surface area contributed by atoms with E-state index in [1.54, 1.807) is 25.3 Å². The summed E-state index contributed by atoms with van der Waals surface area (Å²) in [6.07, 6.45) is 1.81. The summed E-state index contributed by atoms with van der Waals surface area (Å²) >= 11 is 0. The summed E-state index contributed by atoms with van der Waals surface area (Å²) in [5.74, 6) is 0.687. The van der Waals surface area contributed by atoms with Crippen LogP contribution in [0.5, 0.6) is 0 Å². The molecule has 158 valence electrons. The highest BCUT2D eigenvalue weighted by atomic mass is 32.2. The zero-order valence-corrected chi connectivity index (χ0v) is 18.3. The van der Waals surface area contributed by atoms with Gasteiger partial charge in [-0.25, -0.2) is 18.1 Å². The van der Waals surface area contributed by atoms with Gasteiger partial charge in [0.15, 0.2) is 0 Å². The van der Waals surface area contributed by atoms with E-state index >= 15 is 0 Å². The highest BCUT2D eigenvalue weighted by molar-refractivity contribution is 7.89. The number of rotatable bonds is 10. The van der Waals surface area contributed by atoms with Crippen molar-refractivity contribution < 1.29 is 13.2 Å². The molecular formula is C21H30N4O3S. The number of carbonyl (C=O) groups is 1. The van der Waals surface area contributed by atoms with Crippen molar-refractivity contribution in [1.82, 2.24) is 15.0 Å². The number of carbonyl (C=O) groups excluding carboxylic acids is 1. The van der Waals surface area contributed by atoms with E-state index in [0.717, 1.165) is 30.0 Å². The van der Waals surface area contributed by atoms with Crippen molar-refractivity contribution >= 4 is 21.7 Å². The van der Waals surface area contributed by atoms with Crippen molar-refractivity contribution in [3.63, 3.8) is 0 Å². The third kappa shape index (κ3) is 6.54. The molecule has 1 amide bonds. The van der Waals surface area contributed by atoms with Crippen LogP contribution in [0.2, 0.25) is 0 Å². The lowest BCUT2D eigenvalue weighted by Gasteiger charge is -2.19. The van der Waals surface area contributed by atoms with Crippen molar-refractivity contribution in [1.29, 1.82) is 0 Å². The molecule has 0 aliphatic rings. The molecular weight excluding hydrogens is 388 g/mol. The average molecular weight is 419 g/mol. The van der Waals surface area contributed by atoms with Crippen LogP contribution < -0.4 is 14.9 Å². The maximum atomic E-state index is 12.4. The second-order valence-corrected chi connectivity index (χ2v) is 8.63. The van der Waals surface area contributed by atoms with Crippen LogP contribution in [0.25, 0.3) is 0 Å². The van der Waals surface area contributed by atoms with Gasteiger partial charge in [-0.3, -0.25) is 4.79 Å². The van der Waals surface area contributed by atoms with Gasteiger partial charge in [0.2, 0.25) is 15.9 Å². The molecule has 2 aromatic rings. The Morgan fingerprint density at radius 1 is 1.10 bits per heavy atom. The third-order valence-electron chi connectivity index (χ3n) is 4.65. The molecule has 0 aliphatic heterocycles. The molecule has 2 rings (SSSR count). The molecule has 1 heterocycles. The van der Waals surface area contributed by atoms with Gasteiger partial charge >= 0.3 is 0 Å². The summed E-state index contributed by atoms with van der Waals surface area (Å²) in [4.78, 5) is 18.8. The van der Waals surface area contributed by atoms with E-state index in [9.17, 15) is 13.2 Å². The van der Waals surface area contributed by atoms with Crippen LogP contribution in [0, 0.1) is 13.8 Å². The van der Waals surface area contributed by atoms with Gasteiger partial charge in [-0.15, -0.1) is 0 Å². The van der Waals surface area contributed by atoms with E-state index in [2.05, 4.69) is 33.8 Å². The molecule has 8 heteroatoms. The highest BCUT2D eigenvalue weighted by Crippen LogP contribution is 2.16. The summed E-state index contributed by atoms with van der Waals surface area (Å²) in [7, 11) is -3.63. The molecule has 2 N–H and O–H groups in total. The first-order valence-electron chi connectivity index (χ1n) is 9.80. The Hall–Kier alpha value is -2.45. The average Bonchev–Trinajstić information content (AvgIpc) is 2.68. The number of amides is 1. The van der Waals surface area contributed by atoms with Crippen LogP contribution in [0.15, 0.2) is 41.4 Å². The first-order valence-corrected chi connectivity index (χ1v) is 11.3. The van der Waals surface area contributed by atoms with Gasteiger partial charge < -0.3 is 10.2 Å². The van der Waals surface area contributed by atoms with Crippen molar-refractivity contribution in [3.05, 3.63) is 53.2 Å². The molecule has 0 saturated carbocycles. The standard InChI is InChI=1S/C21H30N4O3S/c1-5-25(6-2)20-10-8-18(14-22-20)15-23-21(26)11-12-24-29(27,28)19-9-7-16(3)13-17(19)4/h7-10,13-14,24H,5-6,11-12,15H2,1-4H3,(H,23,26). The van der Waals surface area contributed by atoms with Crippen LogP contribution in [-0.4, -0.2) is 38.9 Å². The minimum Gasteiger partial charge on any atom is -0.357 e. The quantitative estimate of drug-likeness (QED) is 0.619. The van der Waals surface area contributed by atoms with Crippen molar-refractivity contribution in [2.24, 2.45) is 0 Å². The monoisotopic (exact) mass is 418 g/mol. The summed E-state index contributed by atoms with van der Waals surface area (Å²) in [6, 6.07) is 9.03. The predicted molar refractivity (Wildman–Crippen MR) is 115 cm³/mol. The van der Waals surface area contributed by atoms with Gasteiger partial charge in [0.05, 0.1) is 4.90 Å². The van der Waals surface area contributed by atoms with Gasteiger partial charge in [-0.05, 0) is 51.0 Å². The molecule has 1 aromatic carbocycles. The molecule has 0 atom stereocenters. The lowest BCUT2D eigenvalue weighted by molar-refractivity contribution is -0.121. The molecule has 0 aliphatic carbocycles. The first-order chi connectivity index (χ1) is 13.8. The Morgan fingerprint density at radius 2 is 1.83 bits per heavy atom. The number of hydrogen-bond donors (Lipinski definition) is 2. The zero-order valence-electron chi connectivity index (χ0n) is 17.5. The highest BCUT2D eigenvalue weighted by Gasteiger charge is 2.16. The van der Waals surface area contributed by atoms with Crippen LogP contribution in [0.1, 0.15) is 37.0 Å². The zero-order chi connectivity index (χ0) is 21.4. The number of sulfonamides is 1. The van der Waals surface area contributed by atoms with E-state index in [1.165, 1.54) is 0 Å². The second kappa shape index (κ2) is 10.4. The number of pyridine rings is 1. The fourth-order valence-electron chi connectivity index (χ4n) is 3.02. The third-order valence-corrected chi connectivity index (χ3v) is 6.27. The van der Waals surface area contributed by atoms with Crippen molar-refractivity contribution in [3.8, 4) is 0 Å². The fourth-order valence-corrected chi connectivity index (χ4v) is 4.28. The van der Waals surface area contributed by atoms with Crippen LogP contribution in [-0.2, 0) is 21.4 Å². The Balaban J connectivity index is 1.81. The van der Waals surface area contributed by atoms with Gasteiger partial charge in [0.25, 0.3) is 0 Å².